The van der Waals surface area contributed by atoms with Gasteiger partial charge in [-0.25, -0.2) is 19.2 Å². The summed E-state index contributed by atoms with van der Waals surface area (Å²) in [5.74, 6) is -0.451. The molecule has 1 amide bonds. The highest BCUT2D eigenvalue weighted by atomic mass is 16.6. The number of hydrogen-bond donors (Lipinski definition) is 2. The maximum absolute atomic E-state index is 12.3. The first kappa shape index (κ1) is 41.6. The van der Waals surface area contributed by atoms with Gasteiger partial charge < -0.3 is 48.3 Å². The number of hydrogen-bond acceptors (Lipinski definition) is 13. The van der Waals surface area contributed by atoms with E-state index in [4.69, 9.17) is 37.9 Å². The van der Waals surface area contributed by atoms with Gasteiger partial charge in [-0.2, -0.15) is 0 Å². The molecule has 0 aliphatic rings. The van der Waals surface area contributed by atoms with E-state index in [1.165, 1.54) is 13.8 Å². The zero-order valence-electron chi connectivity index (χ0n) is 28.1. The van der Waals surface area contributed by atoms with Crippen molar-refractivity contribution in [2.45, 2.75) is 52.2 Å². The summed E-state index contributed by atoms with van der Waals surface area (Å²) in [5, 5.41) is 12.4. The average Bonchev–Trinajstić information content (AvgIpc) is 3.05. The summed E-state index contributed by atoms with van der Waals surface area (Å²) in [4.78, 5) is 46.8. The second kappa shape index (κ2) is 24.7. The third kappa shape index (κ3) is 20.7. The molecule has 2 unspecified atom stereocenters. The third-order valence-corrected chi connectivity index (χ3v) is 5.88. The minimum absolute atomic E-state index is 0.0135. The Morgan fingerprint density at radius 1 is 0.646 bits per heavy atom. The summed E-state index contributed by atoms with van der Waals surface area (Å²) < 4.78 is 42.6. The molecule has 0 aliphatic carbocycles. The minimum atomic E-state index is -0.953. The maximum atomic E-state index is 12.3. The van der Waals surface area contributed by atoms with Crippen molar-refractivity contribution in [3.63, 3.8) is 0 Å². The fourth-order valence-electron chi connectivity index (χ4n) is 3.33. The number of benzene rings is 1. The number of alkyl carbamates (subject to hydrolysis) is 1. The smallest absolute Gasteiger partial charge is 0.407 e. The van der Waals surface area contributed by atoms with E-state index in [1.807, 2.05) is 0 Å². The van der Waals surface area contributed by atoms with E-state index in [2.05, 4.69) is 25.1 Å². The molecule has 14 nitrogen and oxygen atoms in total. The highest BCUT2D eigenvalue weighted by Crippen LogP contribution is 2.17. The van der Waals surface area contributed by atoms with E-state index in [9.17, 15) is 24.3 Å². The lowest BCUT2D eigenvalue weighted by atomic mass is 10.2. The van der Waals surface area contributed by atoms with Crippen LogP contribution in [0.3, 0.4) is 0 Å². The topological polar surface area (TPSA) is 174 Å². The Morgan fingerprint density at radius 3 is 1.69 bits per heavy atom. The van der Waals surface area contributed by atoms with Gasteiger partial charge in [-0.3, -0.25) is 0 Å². The first-order valence-corrected chi connectivity index (χ1v) is 15.5. The molecular formula is C34H49NO13. The molecule has 14 heteroatoms. The van der Waals surface area contributed by atoms with Crippen LogP contribution < -0.4 is 14.8 Å². The lowest BCUT2D eigenvalue weighted by Crippen LogP contribution is -2.35. The van der Waals surface area contributed by atoms with Crippen molar-refractivity contribution in [2.75, 3.05) is 66.0 Å². The van der Waals surface area contributed by atoms with Crippen molar-refractivity contribution < 1.29 is 62.2 Å². The SMILES string of the molecule is C=C(C)C(=O)OCCCCCNC(=O)OC(COCCOc1ccc(OCCOCC(O)COC(=O)C(=C)C)cc1)COC(=O)C(=C)C. The van der Waals surface area contributed by atoms with Crippen molar-refractivity contribution in [3.05, 3.63) is 60.7 Å². The summed E-state index contributed by atoms with van der Waals surface area (Å²) in [5.41, 5.74) is 0.804. The zero-order valence-corrected chi connectivity index (χ0v) is 28.1. The third-order valence-electron chi connectivity index (χ3n) is 5.88. The van der Waals surface area contributed by atoms with Gasteiger partial charge in [0, 0.05) is 23.3 Å². The van der Waals surface area contributed by atoms with Crippen LogP contribution in [0.15, 0.2) is 60.7 Å². The van der Waals surface area contributed by atoms with Crippen molar-refractivity contribution >= 4 is 24.0 Å². The molecule has 0 fully saturated rings. The lowest BCUT2D eigenvalue weighted by molar-refractivity contribution is -0.143. The second-order valence-electron chi connectivity index (χ2n) is 10.7. The van der Waals surface area contributed by atoms with Crippen LogP contribution in [0.5, 0.6) is 11.5 Å². The molecule has 0 aliphatic heterocycles. The highest BCUT2D eigenvalue weighted by molar-refractivity contribution is 5.87. The van der Waals surface area contributed by atoms with Gasteiger partial charge in [0.15, 0.2) is 6.10 Å². The van der Waals surface area contributed by atoms with Crippen LogP contribution in [0.1, 0.15) is 40.0 Å². The van der Waals surface area contributed by atoms with Crippen molar-refractivity contribution in [1.82, 2.24) is 5.32 Å². The fourth-order valence-corrected chi connectivity index (χ4v) is 3.33. The van der Waals surface area contributed by atoms with Gasteiger partial charge >= 0.3 is 24.0 Å². The zero-order chi connectivity index (χ0) is 35.7. The summed E-state index contributed by atoms with van der Waals surface area (Å²) in [6, 6.07) is 6.88. The number of ether oxygens (including phenoxy) is 8. The van der Waals surface area contributed by atoms with E-state index in [0.717, 1.165) is 6.42 Å². The van der Waals surface area contributed by atoms with E-state index in [1.54, 1.807) is 31.2 Å². The minimum Gasteiger partial charge on any atom is -0.491 e. The molecule has 0 saturated heterocycles. The summed E-state index contributed by atoms with van der Waals surface area (Å²) in [6.45, 7) is 16.1. The summed E-state index contributed by atoms with van der Waals surface area (Å²) in [7, 11) is 0. The molecule has 48 heavy (non-hydrogen) atoms. The van der Waals surface area contributed by atoms with E-state index < -0.39 is 36.2 Å². The Labute approximate surface area is 281 Å². The fraction of sp³-hybridized carbons (Fsp3) is 0.529. The molecule has 0 saturated carbocycles. The van der Waals surface area contributed by atoms with Gasteiger partial charge in [-0.1, -0.05) is 19.7 Å². The standard InChI is InChI=1S/C34H49NO13/c1-24(2)31(37)45-15-9-7-8-14-35-34(40)48-30(23-47-33(39)26(5)6)22-42-17-19-44-29-12-10-28(11-13-29)43-18-16-41-20-27(36)21-46-32(38)25(3)4/h10-13,27,30,36H,1,3,5,7-9,14-23H2,2,4,6H3,(H,35,40). The Hall–Kier alpha value is -4.40. The van der Waals surface area contributed by atoms with Gasteiger partial charge in [0.05, 0.1) is 33.0 Å². The van der Waals surface area contributed by atoms with Crippen molar-refractivity contribution in [1.29, 1.82) is 0 Å². The maximum Gasteiger partial charge on any atom is 0.407 e. The predicted octanol–water partition coefficient (Wildman–Crippen LogP) is 3.46. The Morgan fingerprint density at radius 2 is 1.15 bits per heavy atom. The van der Waals surface area contributed by atoms with E-state index in [0.29, 0.717) is 36.5 Å². The summed E-state index contributed by atoms with van der Waals surface area (Å²) in [6.07, 6.45) is -0.489. The molecule has 2 atom stereocenters. The first-order valence-electron chi connectivity index (χ1n) is 15.5. The number of rotatable bonds is 26. The molecule has 0 aromatic heterocycles. The molecule has 0 spiro atoms. The number of amides is 1. The van der Waals surface area contributed by atoms with Crippen LogP contribution in [0.2, 0.25) is 0 Å². The van der Waals surface area contributed by atoms with E-state index in [-0.39, 0.29) is 70.6 Å². The number of aliphatic hydroxyl groups is 1. The quantitative estimate of drug-likeness (QED) is 0.0631. The molecule has 0 bridgehead atoms. The highest BCUT2D eigenvalue weighted by Gasteiger charge is 2.18. The lowest BCUT2D eigenvalue weighted by Gasteiger charge is -2.18. The molecule has 268 valence electrons. The number of carbonyl (C=O) groups is 4. The van der Waals surface area contributed by atoms with E-state index >= 15 is 0 Å². The normalized spacial score (nSPS) is 11.8. The van der Waals surface area contributed by atoms with Crippen LogP contribution in [-0.4, -0.2) is 107 Å². The van der Waals surface area contributed by atoms with Gasteiger partial charge in [0.1, 0.15) is 44.0 Å². The number of esters is 3. The number of unbranched alkanes of at least 4 members (excludes halogenated alkanes) is 2. The van der Waals surface area contributed by atoms with Crippen LogP contribution in [-0.2, 0) is 42.8 Å². The average molecular weight is 680 g/mol. The van der Waals surface area contributed by atoms with Gasteiger partial charge in [0.2, 0.25) is 0 Å². The van der Waals surface area contributed by atoms with Crippen LogP contribution in [0.4, 0.5) is 4.79 Å². The molecular weight excluding hydrogens is 630 g/mol. The molecule has 0 radical (unpaired) electrons. The Balaban J connectivity index is 2.30. The molecule has 1 aromatic carbocycles. The number of aliphatic hydroxyl groups excluding tert-OH is 1. The number of nitrogens with one attached hydrogen (secondary N) is 1. The van der Waals surface area contributed by atoms with Gasteiger partial charge in [-0.05, 0) is 64.3 Å². The Bertz CT molecular complexity index is 1180. The molecule has 2 N–H and O–H groups in total. The van der Waals surface area contributed by atoms with Gasteiger partial charge in [0.25, 0.3) is 0 Å². The van der Waals surface area contributed by atoms with Crippen LogP contribution >= 0.6 is 0 Å². The largest absolute Gasteiger partial charge is 0.491 e. The molecule has 1 rings (SSSR count). The molecule has 0 heterocycles. The van der Waals surface area contributed by atoms with Crippen molar-refractivity contribution in [2.24, 2.45) is 0 Å². The second-order valence-corrected chi connectivity index (χ2v) is 10.7. The Kier molecular flexibility index (Phi) is 21.4. The first-order chi connectivity index (χ1) is 22.9. The number of carbonyl (C=O) groups excluding carboxylic acids is 4. The van der Waals surface area contributed by atoms with Crippen LogP contribution in [0.25, 0.3) is 0 Å². The van der Waals surface area contributed by atoms with Crippen molar-refractivity contribution in [3.8, 4) is 11.5 Å². The molecule has 1 aromatic rings. The van der Waals surface area contributed by atoms with Crippen LogP contribution in [0, 0.1) is 0 Å². The monoisotopic (exact) mass is 679 g/mol. The van der Waals surface area contributed by atoms with Gasteiger partial charge in [-0.15, -0.1) is 0 Å². The summed E-state index contributed by atoms with van der Waals surface area (Å²) >= 11 is 0. The predicted molar refractivity (Wildman–Crippen MR) is 175 cm³/mol.